The van der Waals surface area contributed by atoms with Crippen LogP contribution in [0.2, 0.25) is 0 Å². The number of hydrazone groups is 1. The highest BCUT2D eigenvalue weighted by Gasteiger charge is 2.17. The summed E-state index contributed by atoms with van der Waals surface area (Å²) in [4.78, 5) is 10.6. The standard InChI is InChI=1S/C15H11BrN2O4/c16-12-5-9(6-13-14(12)22-8-21-13)7-17-18-11-3-1-10(2-4-11)15(19)20/h1-7,18H,8H2,(H,19,20)/p-1/b17-7-. The molecule has 0 bridgehead atoms. The van der Waals surface area contributed by atoms with E-state index in [1.807, 2.05) is 12.1 Å². The van der Waals surface area contributed by atoms with Crippen molar-refractivity contribution in [1.82, 2.24) is 0 Å². The maximum absolute atomic E-state index is 10.6. The Balaban J connectivity index is 1.70. The number of halogens is 1. The van der Waals surface area contributed by atoms with Crippen LogP contribution in [0.1, 0.15) is 15.9 Å². The summed E-state index contributed by atoms with van der Waals surface area (Å²) in [5, 5.41) is 14.7. The van der Waals surface area contributed by atoms with Gasteiger partial charge in [-0.2, -0.15) is 5.10 Å². The molecule has 1 N–H and O–H groups in total. The van der Waals surface area contributed by atoms with Gasteiger partial charge in [0.15, 0.2) is 11.5 Å². The van der Waals surface area contributed by atoms with Crippen LogP contribution in [0, 0.1) is 0 Å². The molecule has 0 radical (unpaired) electrons. The molecular formula is C15H10BrN2O4-. The van der Waals surface area contributed by atoms with Crippen LogP contribution >= 0.6 is 15.9 Å². The van der Waals surface area contributed by atoms with Crippen molar-refractivity contribution in [3.05, 3.63) is 52.0 Å². The molecule has 1 aliphatic rings. The van der Waals surface area contributed by atoms with Gasteiger partial charge in [-0.05, 0) is 51.3 Å². The van der Waals surface area contributed by atoms with Gasteiger partial charge in [-0.25, -0.2) is 0 Å². The van der Waals surface area contributed by atoms with Crippen LogP contribution < -0.4 is 20.0 Å². The van der Waals surface area contributed by atoms with E-state index in [0.29, 0.717) is 17.2 Å². The third-order valence-electron chi connectivity index (χ3n) is 2.98. The van der Waals surface area contributed by atoms with E-state index in [1.165, 1.54) is 12.1 Å². The Morgan fingerprint density at radius 1 is 1.27 bits per heavy atom. The number of carboxylic acid groups (broad SMARTS) is 1. The van der Waals surface area contributed by atoms with E-state index in [0.717, 1.165) is 10.0 Å². The first-order valence-electron chi connectivity index (χ1n) is 6.33. The van der Waals surface area contributed by atoms with Crippen molar-refractivity contribution >= 4 is 33.8 Å². The Hall–Kier alpha value is -2.54. The van der Waals surface area contributed by atoms with Gasteiger partial charge >= 0.3 is 0 Å². The molecule has 1 aliphatic heterocycles. The molecule has 3 rings (SSSR count). The Labute approximate surface area is 134 Å². The van der Waals surface area contributed by atoms with Gasteiger partial charge in [-0.15, -0.1) is 0 Å². The Morgan fingerprint density at radius 3 is 2.77 bits per heavy atom. The van der Waals surface area contributed by atoms with E-state index in [2.05, 4.69) is 26.5 Å². The van der Waals surface area contributed by atoms with Gasteiger partial charge in [0, 0.05) is 0 Å². The van der Waals surface area contributed by atoms with Crippen molar-refractivity contribution < 1.29 is 19.4 Å². The summed E-state index contributed by atoms with van der Waals surface area (Å²) in [6, 6.07) is 9.79. The minimum atomic E-state index is -1.21. The van der Waals surface area contributed by atoms with Gasteiger partial charge in [0.1, 0.15) is 0 Å². The van der Waals surface area contributed by atoms with Crippen LogP contribution in [0.3, 0.4) is 0 Å². The van der Waals surface area contributed by atoms with Crippen LogP contribution in [0.4, 0.5) is 5.69 Å². The first-order chi connectivity index (χ1) is 10.6. The number of anilines is 1. The van der Waals surface area contributed by atoms with Crippen molar-refractivity contribution in [2.24, 2.45) is 5.10 Å². The number of hydrogen-bond acceptors (Lipinski definition) is 6. The topological polar surface area (TPSA) is 83.0 Å². The molecule has 7 heteroatoms. The summed E-state index contributed by atoms with van der Waals surface area (Å²) in [5.74, 6) is 0.136. The number of nitrogens with zero attached hydrogens (tertiary/aromatic N) is 1. The number of fused-ring (bicyclic) bond motifs is 1. The lowest BCUT2D eigenvalue weighted by atomic mass is 10.2. The van der Waals surface area contributed by atoms with Gasteiger partial charge in [-0.3, -0.25) is 5.43 Å². The molecule has 0 saturated heterocycles. The summed E-state index contributed by atoms with van der Waals surface area (Å²) < 4.78 is 11.4. The number of carbonyl (C=O) groups is 1. The molecule has 0 amide bonds. The maximum Gasteiger partial charge on any atom is 0.231 e. The van der Waals surface area contributed by atoms with E-state index in [9.17, 15) is 9.90 Å². The number of carboxylic acids is 1. The zero-order chi connectivity index (χ0) is 15.5. The van der Waals surface area contributed by atoms with E-state index in [1.54, 1.807) is 18.3 Å². The molecule has 6 nitrogen and oxygen atoms in total. The van der Waals surface area contributed by atoms with Crippen LogP contribution in [0.5, 0.6) is 11.5 Å². The molecule has 2 aromatic rings. The Morgan fingerprint density at radius 2 is 2.05 bits per heavy atom. The third kappa shape index (κ3) is 3.04. The molecule has 0 spiro atoms. The molecule has 0 fully saturated rings. The summed E-state index contributed by atoms with van der Waals surface area (Å²) in [6.45, 7) is 0.206. The number of ether oxygens (including phenoxy) is 2. The van der Waals surface area contributed by atoms with Crippen LogP contribution in [0.25, 0.3) is 0 Å². The van der Waals surface area contributed by atoms with Crippen LogP contribution in [-0.2, 0) is 0 Å². The second-order valence-electron chi connectivity index (χ2n) is 4.47. The molecule has 1 heterocycles. The predicted octanol–water partition coefficient (Wildman–Crippen LogP) is 1.99. The zero-order valence-electron chi connectivity index (χ0n) is 11.2. The second-order valence-corrected chi connectivity index (χ2v) is 5.33. The lowest BCUT2D eigenvalue weighted by Gasteiger charge is -2.04. The van der Waals surface area contributed by atoms with Crippen molar-refractivity contribution in [2.45, 2.75) is 0 Å². The summed E-state index contributed by atoms with van der Waals surface area (Å²) in [7, 11) is 0. The molecule has 22 heavy (non-hydrogen) atoms. The fourth-order valence-electron chi connectivity index (χ4n) is 1.92. The molecule has 0 saturated carbocycles. The van der Waals surface area contributed by atoms with E-state index < -0.39 is 5.97 Å². The van der Waals surface area contributed by atoms with Gasteiger partial charge in [-0.1, -0.05) is 12.1 Å². The molecule has 0 aliphatic carbocycles. The largest absolute Gasteiger partial charge is 0.545 e. The number of benzene rings is 2. The number of carbonyl (C=O) groups excluding carboxylic acids is 1. The summed E-state index contributed by atoms with van der Waals surface area (Å²) in [5.41, 5.74) is 4.43. The maximum atomic E-state index is 10.6. The van der Waals surface area contributed by atoms with E-state index in [-0.39, 0.29) is 12.4 Å². The Bertz CT molecular complexity index is 744. The minimum Gasteiger partial charge on any atom is -0.545 e. The van der Waals surface area contributed by atoms with Gasteiger partial charge in [0.2, 0.25) is 6.79 Å². The quantitative estimate of drug-likeness (QED) is 0.664. The average molecular weight is 362 g/mol. The summed E-state index contributed by atoms with van der Waals surface area (Å²) >= 11 is 3.41. The van der Waals surface area contributed by atoms with Crippen molar-refractivity contribution in [3.8, 4) is 11.5 Å². The minimum absolute atomic E-state index is 0.120. The van der Waals surface area contributed by atoms with Crippen molar-refractivity contribution in [2.75, 3.05) is 12.2 Å². The highest BCUT2D eigenvalue weighted by atomic mass is 79.9. The SMILES string of the molecule is O=C([O-])c1ccc(N/N=C\c2cc(Br)c3c(c2)OCO3)cc1. The smallest absolute Gasteiger partial charge is 0.231 e. The average Bonchev–Trinajstić information content (AvgIpc) is 2.97. The lowest BCUT2D eigenvalue weighted by molar-refractivity contribution is -0.255. The molecular weight excluding hydrogens is 352 g/mol. The van der Waals surface area contributed by atoms with Gasteiger partial charge in [0.25, 0.3) is 0 Å². The van der Waals surface area contributed by atoms with Crippen molar-refractivity contribution in [1.29, 1.82) is 0 Å². The monoisotopic (exact) mass is 361 g/mol. The second kappa shape index (κ2) is 6.07. The zero-order valence-corrected chi connectivity index (χ0v) is 12.8. The normalized spacial score (nSPS) is 12.6. The number of aromatic carboxylic acids is 1. The first-order valence-corrected chi connectivity index (χ1v) is 7.12. The van der Waals surface area contributed by atoms with Crippen molar-refractivity contribution in [3.63, 3.8) is 0 Å². The third-order valence-corrected chi connectivity index (χ3v) is 3.57. The van der Waals surface area contributed by atoms with Gasteiger partial charge < -0.3 is 19.4 Å². The van der Waals surface area contributed by atoms with Gasteiger partial charge in [0.05, 0.1) is 22.3 Å². The lowest BCUT2D eigenvalue weighted by Crippen LogP contribution is -2.21. The highest BCUT2D eigenvalue weighted by molar-refractivity contribution is 9.10. The number of nitrogens with one attached hydrogen (secondary N) is 1. The molecule has 0 unspecified atom stereocenters. The number of rotatable bonds is 4. The Kier molecular flexibility index (Phi) is 3.97. The first kappa shape index (κ1) is 14.4. The molecule has 112 valence electrons. The highest BCUT2D eigenvalue weighted by Crippen LogP contribution is 2.39. The fraction of sp³-hybridized carbons (Fsp3) is 0.0667. The molecule has 0 aromatic heterocycles. The molecule has 2 aromatic carbocycles. The van der Waals surface area contributed by atoms with E-state index >= 15 is 0 Å². The van der Waals surface area contributed by atoms with Crippen LogP contribution in [-0.4, -0.2) is 19.0 Å². The van der Waals surface area contributed by atoms with Crippen LogP contribution in [0.15, 0.2) is 46.0 Å². The van der Waals surface area contributed by atoms with E-state index in [4.69, 9.17) is 9.47 Å². The predicted molar refractivity (Wildman–Crippen MR) is 82.3 cm³/mol. The molecule has 0 atom stereocenters. The summed E-state index contributed by atoms with van der Waals surface area (Å²) in [6.07, 6.45) is 1.62. The number of hydrogen-bond donors (Lipinski definition) is 1. The fourth-order valence-corrected chi connectivity index (χ4v) is 2.50.